The molecule has 11 heteroatoms. The second-order valence-corrected chi connectivity index (χ2v) is 9.58. The van der Waals surface area contributed by atoms with Crippen LogP contribution in [0.2, 0.25) is 0 Å². The molecule has 36 heavy (non-hydrogen) atoms. The summed E-state index contributed by atoms with van der Waals surface area (Å²) in [7, 11) is 1.67. The Balaban J connectivity index is 1.70. The molecule has 1 aliphatic rings. The quantitative estimate of drug-likeness (QED) is 0.371. The van der Waals surface area contributed by atoms with Crippen LogP contribution in [0.25, 0.3) is 17.3 Å². The topological polar surface area (TPSA) is 132 Å². The van der Waals surface area contributed by atoms with E-state index in [4.69, 9.17) is 15.3 Å². The van der Waals surface area contributed by atoms with Crippen molar-refractivity contribution in [3.63, 3.8) is 0 Å². The fourth-order valence-electron chi connectivity index (χ4n) is 4.22. The first-order valence-corrected chi connectivity index (χ1v) is 11.8. The van der Waals surface area contributed by atoms with Crippen LogP contribution in [-0.2, 0) is 15.9 Å². The van der Waals surface area contributed by atoms with E-state index in [-0.39, 0.29) is 23.9 Å². The predicted octanol–water partition coefficient (Wildman–Crippen LogP) is 3.56. The Morgan fingerprint density at radius 1 is 1.25 bits per heavy atom. The molecule has 2 aromatic heterocycles. The van der Waals surface area contributed by atoms with E-state index in [1.807, 2.05) is 39.8 Å². The fraction of sp³-hybridized carbons (Fsp3) is 0.440. The number of hydrogen-bond donors (Lipinski definition) is 2. The first-order chi connectivity index (χ1) is 17.0. The monoisotopic (exact) mass is 498 g/mol. The van der Waals surface area contributed by atoms with Crippen LogP contribution < -0.4 is 16.6 Å². The Bertz CT molecular complexity index is 1280. The first kappa shape index (κ1) is 25.7. The van der Waals surface area contributed by atoms with Crippen molar-refractivity contribution in [2.24, 2.45) is 5.84 Å². The number of benzene rings is 1. The van der Waals surface area contributed by atoms with Gasteiger partial charge >= 0.3 is 5.76 Å². The van der Waals surface area contributed by atoms with Crippen LogP contribution in [0.3, 0.4) is 0 Å². The van der Waals surface area contributed by atoms with Gasteiger partial charge in [0.1, 0.15) is 5.82 Å². The van der Waals surface area contributed by atoms with Crippen molar-refractivity contribution in [1.29, 1.82) is 0 Å². The van der Waals surface area contributed by atoms with E-state index in [1.165, 1.54) is 17.1 Å². The lowest BCUT2D eigenvalue weighted by atomic mass is 9.97. The molecule has 0 bridgehead atoms. The summed E-state index contributed by atoms with van der Waals surface area (Å²) in [6, 6.07) is 6.16. The van der Waals surface area contributed by atoms with E-state index >= 15 is 0 Å². The van der Waals surface area contributed by atoms with Crippen LogP contribution in [0.15, 0.2) is 39.7 Å². The van der Waals surface area contributed by atoms with Gasteiger partial charge in [0.15, 0.2) is 11.6 Å². The minimum absolute atomic E-state index is 0.0642. The van der Waals surface area contributed by atoms with E-state index in [0.29, 0.717) is 30.3 Å². The van der Waals surface area contributed by atoms with Crippen LogP contribution in [0.4, 0.5) is 10.3 Å². The number of aromatic amines is 1. The van der Waals surface area contributed by atoms with Crippen molar-refractivity contribution < 1.29 is 18.4 Å². The molecular formula is C25H31FN6O4. The number of rotatable bonds is 7. The molecule has 2 atom stereocenters. The summed E-state index contributed by atoms with van der Waals surface area (Å²) in [6.07, 6.45) is 4.25. The largest absolute Gasteiger partial charge is 0.438 e. The SMILES string of the molecule is CC(C)c1nc(N(C)N)nc(-c2ccc(F)cc2)c1/C=C/[C@@H]1C[C@H](Cc2noc(=O)[nH]2)OC(C)(C)O1. The van der Waals surface area contributed by atoms with E-state index in [9.17, 15) is 9.18 Å². The molecule has 0 radical (unpaired) electrons. The Labute approximate surface area is 208 Å². The number of anilines is 1. The average molecular weight is 499 g/mol. The van der Waals surface area contributed by atoms with E-state index < -0.39 is 11.5 Å². The number of hydrazine groups is 1. The summed E-state index contributed by atoms with van der Waals surface area (Å²) in [4.78, 5) is 23.2. The molecule has 0 unspecified atom stereocenters. The zero-order chi connectivity index (χ0) is 26.0. The molecule has 0 saturated carbocycles. The number of nitrogens with zero attached hydrogens (tertiary/aromatic N) is 4. The molecule has 10 nitrogen and oxygen atoms in total. The van der Waals surface area contributed by atoms with Gasteiger partial charge < -0.3 is 9.47 Å². The highest BCUT2D eigenvalue weighted by molar-refractivity contribution is 5.74. The van der Waals surface area contributed by atoms with Gasteiger partial charge in [-0.2, -0.15) is 0 Å². The highest BCUT2D eigenvalue weighted by atomic mass is 19.1. The van der Waals surface area contributed by atoms with Crippen LogP contribution in [0, 0.1) is 5.82 Å². The first-order valence-electron chi connectivity index (χ1n) is 11.8. The molecule has 3 aromatic rings. The van der Waals surface area contributed by atoms with Crippen LogP contribution in [0.1, 0.15) is 57.1 Å². The van der Waals surface area contributed by atoms with Crippen molar-refractivity contribution in [2.45, 2.75) is 64.4 Å². The van der Waals surface area contributed by atoms with Crippen molar-refractivity contribution in [1.82, 2.24) is 20.1 Å². The summed E-state index contributed by atoms with van der Waals surface area (Å²) in [5.41, 5.74) is 2.98. The number of halogens is 1. The summed E-state index contributed by atoms with van der Waals surface area (Å²) in [6.45, 7) is 7.75. The summed E-state index contributed by atoms with van der Waals surface area (Å²) in [5, 5.41) is 5.10. The van der Waals surface area contributed by atoms with Crippen LogP contribution in [-0.4, -0.2) is 45.2 Å². The molecule has 1 saturated heterocycles. The highest BCUT2D eigenvalue weighted by Gasteiger charge is 2.35. The van der Waals surface area contributed by atoms with E-state index in [2.05, 4.69) is 24.6 Å². The van der Waals surface area contributed by atoms with Gasteiger partial charge in [-0.1, -0.05) is 31.2 Å². The third-order valence-corrected chi connectivity index (χ3v) is 5.71. The van der Waals surface area contributed by atoms with Gasteiger partial charge in [-0.05, 0) is 44.0 Å². The molecule has 4 rings (SSSR count). The van der Waals surface area contributed by atoms with Crippen molar-refractivity contribution in [3.8, 4) is 11.3 Å². The van der Waals surface area contributed by atoms with Gasteiger partial charge in [0.25, 0.3) is 0 Å². The van der Waals surface area contributed by atoms with Crippen molar-refractivity contribution in [2.75, 3.05) is 12.1 Å². The highest BCUT2D eigenvalue weighted by Crippen LogP contribution is 2.33. The number of nitrogens with two attached hydrogens (primary N) is 1. The molecule has 0 spiro atoms. The third-order valence-electron chi connectivity index (χ3n) is 5.71. The average Bonchev–Trinajstić information content (AvgIpc) is 3.20. The summed E-state index contributed by atoms with van der Waals surface area (Å²) < 4.78 is 30.4. The number of aromatic nitrogens is 4. The second kappa shape index (κ2) is 10.3. The number of ether oxygens (including phenoxy) is 2. The maximum atomic E-state index is 13.6. The fourth-order valence-corrected chi connectivity index (χ4v) is 4.22. The smallest absolute Gasteiger partial charge is 0.347 e. The zero-order valence-electron chi connectivity index (χ0n) is 21.0. The van der Waals surface area contributed by atoms with Crippen LogP contribution in [0.5, 0.6) is 0 Å². The van der Waals surface area contributed by atoms with Gasteiger partial charge in [0, 0.05) is 31.0 Å². The third kappa shape index (κ3) is 6.04. The summed E-state index contributed by atoms with van der Waals surface area (Å²) >= 11 is 0. The van der Waals surface area contributed by atoms with Gasteiger partial charge in [0.05, 0.1) is 23.6 Å². The Hall–Kier alpha value is -3.41. The second-order valence-electron chi connectivity index (χ2n) is 9.58. The molecule has 1 fully saturated rings. The maximum absolute atomic E-state index is 13.6. The maximum Gasteiger partial charge on any atom is 0.438 e. The van der Waals surface area contributed by atoms with Gasteiger partial charge in [-0.3, -0.25) is 14.5 Å². The van der Waals surface area contributed by atoms with Crippen molar-refractivity contribution >= 4 is 12.0 Å². The normalized spacial score (nSPS) is 19.8. The minimum atomic E-state index is -0.856. The molecule has 0 amide bonds. The zero-order valence-corrected chi connectivity index (χ0v) is 21.0. The lowest BCUT2D eigenvalue weighted by Crippen LogP contribution is -2.44. The molecule has 1 aliphatic heterocycles. The molecule has 1 aromatic carbocycles. The molecule has 3 heterocycles. The Morgan fingerprint density at radius 2 is 1.97 bits per heavy atom. The summed E-state index contributed by atoms with van der Waals surface area (Å²) in [5.74, 6) is 5.02. The van der Waals surface area contributed by atoms with Gasteiger partial charge in [-0.25, -0.2) is 25.0 Å². The number of hydrogen-bond acceptors (Lipinski definition) is 9. The molecule has 192 valence electrons. The molecule has 0 aliphatic carbocycles. The van der Waals surface area contributed by atoms with E-state index in [1.54, 1.807) is 19.2 Å². The molecule has 3 N–H and O–H groups in total. The Kier molecular flexibility index (Phi) is 7.34. The van der Waals surface area contributed by atoms with Crippen LogP contribution >= 0.6 is 0 Å². The number of nitrogens with one attached hydrogen (secondary N) is 1. The van der Waals surface area contributed by atoms with E-state index in [0.717, 1.165) is 16.8 Å². The predicted molar refractivity (Wildman–Crippen MR) is 132 cm³/mol. The standard InChI is InChI=1S/C25H31FN6O4/c1-14(2)21-19(22(30-23(29-21)32(5)27)15-6-8-16(26)9-7-15)11-10-17-12-18(35-25(3,4)34-17)13-20-28-24(33)36-31-20/h6-11,14,17-18H,12-13,27H2,1-5H3,(H,28,31,33)/b11-10+/t17-,18-/m1/s1. The van der Waals surface area contributed by atoms with Crippen molar-refractivity contribution in [3.05, 3.63) is 63.8 Å². The number of H-pyrrole nitrogens is 1. The lowest BCUT2D eigenvalue weighted by Gasteiger charge is -2.39. The lowest BCUT2D eigenvalue weighted by molar-refractivity contribution is -0.289. The van der Waals surface area contributed by atoms with Gasteiger partial charge in [-0.15, -0.1) is 0 Å². The van der Waals surface area contributed by atoms with Gasteiger partial charge in [0.2, 0.25) is 5.95 Å². The Morgan fingerprint density at radius 3 is 2.58 bits per heavy atom. The minimum Gasteiger partial charge on any atom is -0.347 e. The molecular weight excluding hydrogens is 467 g/mol.